The van der Waals surface area contributed by atoms with Crippen LogP contribution in [0.25, 0.3) is 0 Å². The maximum atomic E-state index is 11.9. The van der Waals surface area contributed by atoms with Gasteiger partial charge in [0, 0.05) is 5.56 Å². The molecule has 5 nitrogen and oxygen atoms in total. The molecule has 1 rings (SSSR count). The summed E-state index contributed by atoms with van der Waals surface area (Å²) < 4.78 is 9.64. The first-order chi connectivity index (χ1) is 8.62. The summed E-state index contributed by atoms with van der Waals surface area (Å²) >= 11 is 0. The van der Waals surface area contributed by atoms with Gasteiger partial charge in [-0.15, -0.1) is 0 Å². The number of carbonyl (C=O) groups is 2. The fraction of sp³-hybridized carbons (Fsp3) is 0.385. The molecule has 0 heterocycles. The third-order valence-electron chi connectivity index (χ3n) is 2.53. The van der Waals surface area contributed by atoms with Crippen LogP contribution in [-0.2, 0) is 9.53 Å². The lowest BCUT2D eigenvalue weighted by atomic mass is 10.1. The highest BCUT2D eigenvalue weighted by molar-refractivity contribution is 5.97. The van der Waals surface area contributed by atoms with Gasteiger partial charge in [0.15, 0.2) is 0 Å². The van der Waals surface area contributed by atoms with E-state index in [1.807, 2.05) is 0 Å². The average molecular weight is 251 g/mol. The van der Waals surface area contributed by atoms with Crippen molar-refractivity contribution in [3.05, 3.63) is 29.8 Å². The van der Waals surface area contributed by atoms with Crippen LogP contribution in [0.15, 0.2) is 24.3 Å². The number of amides is 1. The first-order valence-corrected chi connectivity index (χ1v) is 5.65. The second kappa shape index (κ2) is 6.64. The summed E-state index contributed by atoms with van der Waals surface area (Å²) in [6.07, 6.45) is 0.475. The fourth-order valence-corrected chi connectivity index (χ4v) is 1.48. The second-order valence-corrected chi connectivity index (χ2v) is 3.69. The van der Waals surface area contributed by atoms with Crippen molar-refractivity contribution in [2.75, 3.05) is 14.2 Å². The standard InChI is InChI=1S/C13H17NO4/c1-4-11(13(16)18-3)14-12(15)9-6-5-7-10(8-9)17-2/h5-8,11H,4H2,1-3H3,(H,14,15). The topological polar surface area (TPSA) is 64.6 Å². The van der Waals surface area contributed by atoms with Crippen molar-refractivity contribution in [3.8, 4) is 5.75 Å². The van der Waals surface area contributed by atoms with Crippen molar-refractivity contribution in [1.82, 2.24) is 5.32 Å². The van der Waals surface area contributed by atoms with Gasteiger partial charge in [-0.2, -0.15) is 0 Å². The molecule has 0 fully saturated rings. The second-order valence-electron chi connectivity index (χ2n) is 3.69. The van der Waals surface area contributed by atoms with Crippen LogP contribution in [0.1, 0.15) is 23.7 Å². The third kappa shape index (κ3) is 3.48. The highest BCUT2D eigenvalue weighted by atomic mass is 16.5. The fourth-order valence-electron chi connectivity index (χ4n) is 1.48. The Labute approximate surface area is 106 Å². The van der Waals surface area contributed by atoms with Gasteiger partial charge in [0.05, 0.1) is 14.2 Å². The van der Waals surface area contributed by atoms with Gasteiger partial charge in [0.25, 0.3) is 5.91 Å². The zero-order chi connectivity index (χ0) is 13.5. The number of hydrogen-bond donors (Lipinski definition) is 1. The van der Waals surface area contributed by atoms with Crippen LogP contribution in [0.5, 0.6) is 5.75 Å². The molecule has 0 aliphatic rings. The average Bonchev–Trinajstić information content (AvgIpc) is 2.43. The van der Waals surface area contributed by atoms with Gasteiger partial charge in [-0.1, -0.05) is 13.0 Å². The SMILES string of the molecule is CCC(NC(=O)c1cccc(OC)c1)C(=O)OC. The monoisotopic (exact) mass is 251 g/mol. The Kier molecular flexibility index (Phi) is 5.17. The van der Waals surface area contributed by atoms with Crippen molar-refractivity contribution in [1.29, 1.82) is 0 Å². The Balaban J connectivity index is 2.77. The van der Waals surface area contributed by atoms with Crippen LogP contribution in [0, 0.1) is 0 Å². The molecule has 5 heteroatoms. The van der Waals surface area contributed by atoms with E-state index >= 15 is 0 Å². The van der Waals surface area contributed by atoms with E-state index in [0.29, 0.717) is 17.7 Å². The van der Waals surface area contributed by atoms with Crippen LogP contribution in [-0.4, -0.2) is 32.1 Å². The van der Waals surface area contributed by atoms with E-state index in [9.17, 15) is 9.59 Å². The van der Waals surface area contributed by atoms with Crippen molar-refractivity contribution in [2.24, 2.45) is 0 Å². The number of nitrogens with one attached hydrogen (secondary N) is 1. The summed E-state index contributed by atoms with van der Waals surface area (Å²) in [4.78, 5) is 23.3. The van der Waals surface area contributed by atoms with E-state index in [4.69, 9.17) is 4.74 Å². The molecule has 0 saturated carbocycles. The Morgan fingerprint density at radius 3 is 2.61 bits per heavy atom. The lowest BCUT2D eigenvalue weighted by Crippen LogP contribution is -2.41. The summed E-state index contributed by atoms with van der Waals surface area (Å²) in [5.41, 5.74) is 0.441. The summed E-state index contributed by atoms with van der Waals surface area (Å²) in [6.45, 7) is 1.80. The van der Waals surface area contributed by atoms with E-state index in [0.717, 1.165) is 0 Å². The number of benzene rings is 1. The minimum Gasteiger partial charge on any atom is -0.497 e. The summed E-state index contributed by atoms with van der Waals surface area (Å²) in [5, 5.41) is 2.62. The lowest BCUT2D eigenvalue weighted by molar-refractivity contribution is -0.142. The van der Waals surface area contributed by atoms with Crippen LogP contribution in [0.2, 0.25) is 0 Å². The van der Waals surface area contributed by atoms with E-state index in [2.05, 4.69) is 10.1 Å². The number of rotatable bonds is 5. The van der Waals surface area contributed by atoms with Gasteiger partial charge in [0.1, 0.15) is 11.8 Å². The first kappa shape index (κ1) is 14.0. The first-order valence-electron chi connectivity index (χ1n) is 5.65. The predicted octanol–water partition coefficient (Wildman–Crippen LogP) is 1.38. The van der Waals surface area contributed by atoms with Gasteiger partial charge in [0.2, 0.25) is 0 Å². The zero-order valence-electron chi connectivity index (χ0n) is 10.7. The smallest absolute Gasteiger partial charge is 0.328 e. The lowest BCUT2D eigenvalue weighted by Gasteiger charge is -2.14. The molecule has 0 spiro atoms. The maximum Gasteiger partial charge on any atom is 0.328 e. The predicted molar refractivity (Wildman–Crippen MR) is 66.6 cm³/mol. The number of methoxy groups -OCH3 is 2. The molecular formula is C13H17NO4. The molecule has 0 aromatic heterocycles. The molecule has 0 saturated heterocycles. The highest BCUT2D eigenvalue weighted by Gasteiger charge is 2.20. The summed E-state index contributed by atoms with van der Waals surface area (Å²) in [5.74, 6) is -0.186. The van der Waals surface area contributed by atoms with Crippen LogP contribution >= 0.6 is 0 Å². The molecule has 1 aromatic rings. The number of esters is 1. The molecule has 0 aliphatic carbocycles. The summed E-state index contributed by atoms with van der Waals surface area (Å²) in [6, 6.07) is 6.09. The Bertz CT molecular complexity index is 431. The minimum atomic E-state index is -0.631. The van der Waals surface area contributed by atoms with Gasteiger partial charge >= 0.3 is 5.97 Å². The van der Waals surface area contributed by atoms with Gasteiger partial charge in [-0.25, -0.2) is 4.79 Å². The van der Waals surface area contributed by atoms with Gasteiger partial charge in [-0.05, 0) is 24.6 Å². The van der Waals surface area contributed by atoms with E-state index in [1.54, 1.807) is 31.2 Å². The molecule has 1 unspecified atom stereocenters. The van der Waals surface area contributed by atoms with Gasteiger partial charge < -0.3 is 14.8 Å². The number of ether oxygens (including phenoxy) is 2. The Morgan fingerprint density at radius 2 is 2.06 bits per heavy atom. The Hall–Kier alpha value is -2.04. The molecule has 0 bridgehead atoms. The van der Waals surface area contributed by atoms with Crippen molar-refractivity contribution in [2.45, 2.75) is 19.4 Å². The van der Waals surface area contributed by atoms with E-state index in [1.165, 1.54) is 14.2 Å². The zero-order valence-corrected chi connectivity index (χ0v) is 10.7. The largest absolute Gasteiger partial charge is 0.497 e. The molecule has 1 N–H and O–H groups in total. The molecule has 1 atom stereocenters. The van der Waals surface area contributed by atoms with Crippen molar-refractivity contribution in [3.63, 3.8) is 0 Å². The number of carbonyl (C=O) groups excluding carboxylic acids is 2. The molecule has 1 amide bonds. The maximum absolute atomic E-state index is 11.9. The normalized spacial score (nSPS) is 11.5. The molecule has 18 heavy (non-hydrogen) atoms. The molecule has 0 radical (unpaired) electrons. The number of hydrogen-bond acceptors (Lipinski definition) is 4. The molecular weight excluding hydrogens is 234 g/mol. The highest BCUT2D eigenvalue weighted by Crippen LogP contribution is 2.12. The van der Waals surface area contributed by atoms with Crippen molar-refractivity contribution >= 4 is 11.9 Å². The van der Waals surface area contributed by atoms with Crippen LogP contribution in [0.3, 0.4) is 0 Å². The Morgan fingerprint density at radius 1 is 1.33 bits per heavy atom. The molecule has 0 aliphatic heterocycles. The van der Waals surface area contributed by atoms with E-state index < -0.39 is 12.0 Å². The van der Waals surface area contributed by atoms with Crippen LogP contribution in [0.4, 0.5) is 0 Å². The van der Waals surface area contributed by atoms with Crippen molar-refractivity contribution < 1.29 is 19.1 Å². The molecule has 98 valence electrons. The van der Waals surface area contributed by atoms with Gasteiger partial charge in [-0.3, -0.25) is 4.79 Å². The van der Waals surface area contributed by atoms with E-state index in [-0.39, 0.29) is 5.91 Å². The summed E-state index contributed by atoms with van der Waals surface area (Å²) in [7, 11) is 2.82. The third-order valence-corrected chi connectivity index (χ3v) is 2.53. The van der Waals surface area contributed by atoms with Crippen LogP contribution < -0.4 is 10.1 Å². The molecule has 1 aromatic carbocycles. The minimum absolute atomic E-state index is 0.328. The quantitative estimate of drug-likeness (QED) is 0.803.